The van der Waals surface area contributed by atoms with E-state index in [4.69, 9.17) is 4.74 Å². The van der Waals surface area contributed by atoms with Gasteiger partial charge in [-0.05, 0) is 37.6 Å². The molecule has 0 aliphatic heterocycles. The fourth-order valence-electron chi connectivity index (χ4n) is 1.72. The van der Waals surface area contributed by atoms with Gasteiger partial charge in [-0.2, -0.15) is 8.78 Å². The van der Waals surface area contributed by atoms with Crippen molar-refractivity contribution in [2.75, 3.05) is 19.0 Å². The summed E-state index contributed by atoms with van der Waals surface area (Å²) in [5.41, 5.74) is 0.451. The summed E-state index contributed by atoms with van der Waals surface area (Å²) in [6.45, 7) is 4.82. The predicted molar refractivity (Wildman–Crippen MR) is 76.8 cm³/mol. The summed E-state index contributed by atoms with van der Waals surface area (Å²) >= 11 is 0. The number of nitrogens with one attached hydrogen (secondary N) is 1. The fourth-order valence-corrected chi connectivity index (χ4v) is 1.72. The molecule has 21 heavy (non-hydrogen) atoms. The first kappa shape index (κ1) is 16.9. The van der Waals surface area contributed by atoms with E-state index in [1.165, 1.54) is 20.1 Å². The monoisotopic (exact) mass is 299 g/mol. The van der Waals surface area contributed by atoms with E-state index in [1.54, 1.807) is 24.3 Å². The van der Waals surface area contributed by atoms with Crippen molar-refractivity contribution < 1.29 is 23.0 Å². The summed E-state index contributed by atoms with van der Waals surface area (Å²) in [6.07, 6.45) is 1.24. The number of hydrogen-bond donors (Lipinski definition) is 1. The zero-order valence-corrected chi connectivity index (χ0v) is 12.1. The van der Waals surface area contributed by atoms with E-state index >= 15 is 0 Å². The largest absolute Gasteiger partial charge is 0.497 e. The molecule has 1 aromatic rings. The van der Waals surface area contributed by atoms with Crippen LogP contribution in [0.2, 0.25) is 0 Å². The van der Waals surface area contributed by atoms with Crippen LogP contribution in [0.25, 0.3) is 0 Å². The molecule has 0 bridgehead atoms. The Morgan fingerprint density at radius 1 is 1.43 bits per heavy atom. The van der Waals surface area contributed by atoms with Crippen LogP contribution in [0.5, 0.6) is 5.75 Å². The van der Waals surface area contributed by atoms with Gasteiger partial charge in [-0.1, -0.05) is 6.08 Å². The van der Waals surface area contributed by atoms with Crippen molar-refractivity contribution in [3.8, 4) is 5.75 Å². The molecule has 0 fully saturated rings. The van der Waals surface area contributed by atoms with Crippen LogP contribution >= 0.6 is 0 Å². The van der Waals surface area contributed by atoms with E-state index in [0.717, 1.165) is 0 Å². The number of benzene rings is 1. The number of carbonyl (C=O) groups excluding carboxylic acids is 1. The average Bonchev–Trinajstić information content (AvgIpc) is 2.47. The highest BCUT2D eigenvalue weighted by Gasteiger charge is 2.48. The number of alkyl halides is 2. The Hall–Kier alpha value is -2.11. The van der Waals surface area contributed by atoms with E-state index in [2.05, 4.69) is 16.6 Å². The van der Waals surface area contributed by atoms with Gasteiger partial charge in [0.25, 0.3) is 0 Å². The Balaban J connectivity index is 2.89. The summed E-state index contributed by atoms with van der Waals surface area (Å²) in [6, 6.07) is 5.03. The number of carbonyl (C=O) groups is 1. The topological polar surface area (TPSA) is 47.6 Å². The quantitative estimate of drug-likeness (QED) is 0.591. The molecule has 1 N–H and O–H groups in total. The predicted octanol–water partition coefficient (Wildman–Crippen LogP) is 3.25. The Kier molecular flexibility index (Phi) is 6.14. The summed E-state index contributed by atoms with van der Waals surface area (Å²) < 4.78 is 37.6. The zero-order chi connectivity index (χ0) is 15.9. The van der Waals surface area contributed by atoms with Crippen LogP contribution in [-0.4, -0.2) is 31.7 Å². The van der Waals surface area contributed by atoms with Gasteiger partial charge in [0.2, 0.25) is 0 Å². The Labute approximate surface area is 122 Å². The molecule has 1 unspecified atom stereocenters. The van der Waals surface area contributed by atoms with Crippen molar-refractivity contribution in [3.05, 3.63) is 36.9 Å². The molecule has 0 aliphatic rings. The minimum Gasteiger partial charge on any atom is -0.497 e. The zero-order valence-electron chi connectivity index (χ0n) is 12.1. The lowest BCUT2D eigenvalue weighted by Crippen LogP contribution is -2.46. The highest BCUT2D eigenvalue weighted by Crippen LogP contribution is 2.27. The standard InChI is InChI=1S/C15H19F2NO3/c1-4-6-13(15(16,17)14(19)21-5-2)18-11-7-9-12(20-3)10-8-11/h4,7-10,13,18H,1,5-6H2,2-3H3. The molecule has 0 aromatic heterocycles. The molecular weight excluding hydrogens is 280 g/mol. The van der Waals surface area contributed by atoms with E-state index in [9.17, 15) is 13.6 Å². The smallest absolute Gasteiger partial charge is 0.379 e. The lowest BCUT2D eigenvalue weighted by Gasteiger charge is -2.26. The summed E-state index contributed by atoms with van der Waals surface area (Å²) in [4.78, 5) is 11.4. The Morgan fingerprint density at radius 2 is 2.05 bits per heavy atom. The second kappa shape index (κ2) is 7.61. The number of esters is 1. The van der Waals surface area contributed by atoms with Crippen molar-refractivity contribution in [3.63, 3.8) is 0 Å². The van der Waals surface area contributed by atoms with Gasteiger partial charge in [0.15, 0.2) is 0 Å². The van der Waals surface area contributed by atoms with Gasteiger partial charge < -0.3 is 14.8 Å². The molecule has 0 amide bonds. The van der Waals surface area contributed by atoms with E-state index < -0.39 is 17.9 Å². The van der Waals surface area contributed by atoms with Crippen LogP contribution in [0.3, 0.4) is 0 Å². The SMILES string of the molecule is C=CCC(Nc1ccc(OC)cc1)C(F)(F)C(=O)OCC. The second-order valence-corrected chi connectivity index (χ2v) is 4.29. The molecule has 116 valence electrons. The van der Waals surface area contributed by atoms with Crippen LogP contribution in [0, 0.1) is 0 Å². The van der Waals surface area contributed by atoms with Crippen molar-refractivity contribution in [1.82, 2.24) is 0 Å². The van der Waals surface area contributed by atoms with Gasteiger partial charge in [-0.15, -0.1) is 6.58 Å². The third-order valence-corrected chi connectivity index (χ3v) is 2.82. The first-order valence-corrected chi connectivity index (χ1v) is 6.52. The molecule has 0 heterocycles. The number of anilines is 1. The number of rotatable bonds is 8. The van der Waals surface area contributed by atoms with Crippen LogP contribution in [0.1, 0.15) is 13.3 Å². The lowest BCUT2D eigenvalue weighted by molar-refractivity contribution is -0.173. The maximum absolute atomic E-state index is 14.1. The maximum Gasteiger partial charge on any atom is 0.379 e. The lowest BCUT2D eigenvalue weighted by atomic mass is 10.1. The Bertz CT molecular complexity index is 474. The molecule has 0 saturated carbocycles. The van der Waals surface area contributed by atoms with Crippen LogP contribution in [0.15, 0.2) is 36.9 Å². The van der Waals surface area contributed by atoms with E-state index in [-0.39, 0.29) is 13.0 Å². The molecule has 1 rings (SSSR count). The summed E-state index contributed by atoms with van der Waals surface area (Å²) in [5.74, 6) is -4.58. The second-order valence-electron chi connectivity index (χ2n) is 4.29. The normalized spacial score (nSPS) is 12.4. The first-order chi connectivity index (χ1) is 9.95. The summed E-state index contributed by atoms with van der Waals surface area (Å²) in [7, 11) is 1.51. The van der Waals surface area contributed by atoms with Crippen LogP contribution in [0.4, 0.5) is 14.5 Å². The van der Waals surface area contributed by atoms with E-state index in [1.807, 2.05) is 0 Å². The van der Waals surface area contributed by atoms with Crippen molar-refractivity contribution in [2.24, 2.45) is 0 Å². The van der Waals surface area contributed by atoms with Crippen LogP contribution < -0.4 is 10.1 Å². The Morgan fingerprint density at radius 3 is 2.52 bits per heavy atom. The highest BCUT2D eigenvalue weighted by molar-refractivity contribution is 5.79. The molecule has 0 aliphatic carbocycles. The first-order valence-electron chi connectivity index (χ1n) is 6.52. The van der Waals surface area contributed by atoms with Crippen molar-refractivity contribution >= 4 is 11.7 Å². The maximum atomic E-state index is 14.1. The minimum atomic E-state index is -3.65. The fraction of sp³-hybridized carbons (Fsp3) is 0.400. The molecule has 0 spiro atoms. The van der Waals surface area contributed by atoms with Gasteiger partial charge in [-0.3, -0.25) is 0 Å². The van der Waals surface area contributed by atoms with Gasteiger partial charge >= 0.3 is 11.9 Å². The van der Waals surface area contributed by atoms with Gasteiger partial charge in [0, 0.05) is 5.69 Å². The van der Waals surface area contributed by atoms with Gasteiger partial charge in [-0.25, -0.2) is 4.79 Å². The third kappa shape index (κ3) is 4.44. The van der Waals surface area contributed by atoms with Crippen LogP contribution in [-0.2, 0) is 9.53 Å². The van der Waals surface area contributed by atoms with Gasteiger partial charge in [0.1, 0.15) is 11.8 Å². The van der Waals surface area contributed by atoms with Gasteiger partial charge in [0.05, 0.1) is 13.7 Å². The molecule has 1 aromatic carbocycles. The van der Waals surface area contributed by atoms with E-state index in [0.29, 0.717) is 11.4 Å². The molecule has 1 atom stereocenters. The highest BCUT2D eigenvalue weighted by atomic mass is 19.3. The molecular formula is C15H19F2NO3. The molecule has 4 nitrogen and oxygen atoms in total. The van der Waals surface area contributed by atoms with Crippen molar-refractivity contribution in [2.45, 2.75) is 25.3 Å². The number of hydrogen-bond acceptors (Lipinski definition) is 4. The average molecular weight is 299 g/mol. The number of ether oxygens (including phenoxy) is 2. The minimum absolute atomic E-state index is 0.0855. The number of methoxy groups -OCH3 is 1. The third-order valence-electron chi connectivity index (χ3n) is 2.82. The molecule has 0 radical (unpaired) electrons. The van der Waals surface area contributed by atoms with Crippen molar-refractivity contribution in [1.29, 1.82) is 0 Å². The molecule has 0 saturated heterocycles. The summed E-state index contributed by atoms with van der Waals surface area (Å²) in [5, 5.41) is 2.63. The molecule has 6 heteroatoms. The number of halogens is 2.